The van der Waals surface area contributed by atoms with Gasteiger partial charge in [-0.1, -0.05) is 6.92 Å². The van der Waals surface area contributed by atoms with Crippen LogP contribution in [0.3, 0.4) is 0 Å². The van der Waals surface area contributed by atoms with Gasteiger partial charge in [0.15, 0.2) is 0 Å². The molecule has 0 aromatic carbocycles. The number of hydrogen-bond donors (Lipinski definition) is 1. The van der Waals surface area contributed by atoms with Crippen molar-refractivity contribution in [3.8, 4) is 0 Å². The molecule has 2 atom stereocenters. The normalized spacial score (nSPS) is 28.6. The first-order valence-electron chi connectivity index (χ1n) is 4.84. The second-order valence-corrected chi connectivity index (χ2v) is 3.45. The highest BCUT2D eigenvalue weighted by atomic mass is 16.7. The summed E-state index contributed by atoms with van der Waals surface area (Å²) in [5.74, 6) is 0.546. The molecule has 0 spiro atoms. The van der Waals surface area contributed by atoms with Crippen LogP contribution in [0, 0.1) is 5.92 Å². The molecule has 0 radical (unpaired) electrons. The summed E-state index contributed by atoms with van der Waals surface area (Å²) in [6.45, 7) is 5.71. The van der Waals surface area contributed by atoms with E-state index in [1.165, 1.54) is 0 Å². The van der Waals surface area contributed by atoms with Crippen LogP contribution in [0.1, 0.15) is 6.92 Å². The molecule has 1 heterocycles. The van der Waals surface area contributed by atoms with Crippen LogP contribution in [0.25, 0.3) is 0 Å². The number of nitrogens with zero attached hydrogens (tertiary/aromatic N) is 1. The molecule has 0 aliphatic carbocycles. The lowest BCUT2D eigenvalue weighted by atomic mass is 10.0. The van der Waals surface area contributed by atoms with E-state index in [0.717, 1.165) is 26.3 Å². The fourth-order valence-electron chi connectivity index (χ4n) is 1.67. The van der Waals surface area contributed by atoms with Crippen molar-refractivity contribution in [1.82, 2.24) is 10.4 Å². The van der Waals surface area contributed by atoms with Gasteiger partial charge in [0.05, 0.1) is 20.3 Å². The summed E-state index contributed by atoms with van der Waals surface area (Å²) in [7, 11) is 3.64. The first kappa shape index (κ1) is 10.9. The fourth-order valence-corrected chi connectivity index (χ4v) is 1.67. The molecule has 4 nitrogen and oxygen atoms in total. The Morgan fingerprint density at radius 1 is 1.54 bits per heavy atom. The molecular weight excluding hydrogens is 168 g/mol. The predicted octanol–water partition coefficient (Wildman–Crippen LogP) is 0.104. The Labute approximate surface area is 80.1 Å². The van der Waals surface area contributed by atoms with Crippen LogP contribution in [0.4, 0.5) is 0 Å². The van der Waals surface area contributed by atoms with Gasteiger partial charge >= 0.3 is 0 Å². The minimum atomic E-state index is 0.489. The second kappa shape index (κ2) is 5.54. The summed E-state index contributed by atoms with van der Waals surface area (Å²) in [5.41, 5.74) is 0. The van der Waals surface area contributed by atoms with E-state index in [9.17, 15) is 0 Å². The zero-order valence-electron chi connectivity index (χ0n) is 8.75. The van der Waals surface area contributed by atoms with Crippen LogP contribution >= 0.6 is 0 Å². The maximum Gasteiger partial charge on any atom is 0.0623 e. The van der Waals surface area contributed by atoms with Crippen molar-refractivity contribution in [3.05, 3.63) is 0 Å². The Kier molecular flexibility index (Phi) is 4.66. The smallest absolute Gasteiger partial charge is 0.0623 e. The average molecular weight is 188 g/mol. The summed E-state index contributed by atoms with van der Waals surface area (Å²) in [6.07, 6.45) is 0. The molecule has 13 heavy (non-hydrogen) atoms. The first-order valence-corrected chi connectivity index (χ1v) is 4.84. The van der Waals surface area contributed by atoms with Gasteiger partial charge < -0.3 is 14.9 Å². The van der Waals surface area contributed by atoms with Crippen LogP contribution in [-0.4, -0.2) is 51.6 Å². The van der Waals surface area contributed by atoms with Crippen LogP contribution in [0.15, 0.2) is 0 Å². The summed E-state index contributed by atoms with van der Waals surface area (Å²) in [4.78, 5) is 5.09. The molecule has 0 aromatic rings. The standard InChI is InChI=1S/C9H20N2O2/c1-4-10-9-7-13-6-8(9)5-11(2)12-3/h8-10H,4-7H2,1-3H3. The highest BCUT2D eigenvalue weighted by molar-refractivity contribution is 4.81. The molecule has 0 aromatic heterocycles. The monoisotopic (exact) mass is 188 g/mol. The molecule has 78 valence electrons. The largest absolute Gasteiger partial charge is 0.379 e. The summed E-state index contributed by atoms with van der Waals surface area (Å²) in [6, 6.07) is 0.489. The van der Waals surface area contributed by atoms with Gasteiger partial charge in [0.2, 0.25) is 0 Å². The second-order valence-electron chi connectivity index (χ2n) is 3.45. The predicted molar refractivity (Wildman–Crippen MR) is 51.4 cm³/mol. The highest BCUT2D eigenvalue weighted by Gasteiger charge is 2.28. The average Bonchev–Trinajstić information content (AvgIpc) is 2.54. The number of nitrogens with one attached hydrogen (secondary N) is 1. The Bertz CT molecular complexity index is 144. The van der Waals surface area contributed by atoms with Crippen molar-refractivity contribution in [3.63, 3.8) is 0 Å². The first-order chi connectivity index (χ1) is 6.27. The van der Waals surface area contributed by atoms with E-state index in [1.807, 2.05) is 12.1 Å². The van der Waals surface area contributed by atoms with Crippen molar-refractivity contribution in [1.29, 1.82) is 0 Å². The van der Waals surface area contributed by atoms with Gasteiger partial charge in [-0.2, -0.15) is 5.06 Å². The van der Waals surface area contributed by atoms with Gasteiger partial charge in [-0.25, -0.2) is 0 Å². The van der Waals surface area contributed by atoms with E-state index < -0.39 is 0 Å². The molecular formula is C9H20N2O2. The molecule has 1 fully saturated rings. The molecule has 4 heteroatoms. The number of likely N-dealkylation sites (N-methyl/N-ethyl adjacent to an activating group) is 1. The molecule has 1 aliphatic rings. The van der Waals surface area contributed by atoms with E-state index in [2.05, 4.69) is 12.2 Å². The van der Waals surface area contributed by atoms with E-state index in [-0.39, 0.29) is 0 Å². The van der Waals surface area contributed by atoms with Gasteiger partial charge in [-0.15, -0.1) is 0 Å². The van der Waals surface area contributed by atoms with E-state index >= 15 is 0 Å². The lowest BCUT2D eigenvalue weighted by Gasteiger charge is -2.22. The Hall–Kier alpha value is -0.160. The van der Waals surface area contributed by atoms with E-state index in [4.69, 9.17) is 9.57 Å². The Morgan fingerprint density at radius 3 is 2.92 bits per heavy atom. The molecule has 0 bridgehead atoms. The van der Waals surface area contributed by atoms with Gasteiger partial charge in [0.1, 0.15) is 0 Å². The van der Waals surface area contributed by atoms with E-state index in [1.54, 1.807) is 7.11 Å². The van der Waals surface area contributed by atoms with Crippen LogP contribution in [-0.2, 0) is 9.57 Å². The molecule has 0 amide bonds. The molecule has 1 aliphatic heterocycles. The number of hydrogen-bond acceptors (Lipinski definition) is 4. The lowest BCUT2D eigenvalue weighted by molar-refractivity contribution is -0.119. The third-order valence-electron chi connectivity index (χ3n) is 2.47. The quantitative estimate of drug-likeness (QED) is 0.621. The van der Waals surface area contributed by atoms with Crippen molar-refractivity contribution in [2.24, 2.45) is 5.92 Å². The summed E-state index contributed by atoms with van der Waals surface area (Å²) < 4.78 is 5.42. The van der Waals surface area contributed by atoms with Crippen molar-refractivity contribution in [2.75, 3.05) is 40.5 Å². The topological polar surface area (TPSA) is 33.7 Å². The van der Waals surface area contributed by atoms with Crippen molar-refractivity contribution in [2.45, 2.75) is 13.0 Å². The zero-order chi connectivity index (χ0) is 9.68. The highest BCUT2D eigenvalue weighted by Crippen LogP contribution is 2.14. The number of ether oxygens (including phenoxy) is 1. The molecule has 2 unspecified atom stereocenters. The zero-order valence-corrected chi connectivity index (χ0v) is 8.75. The minimum Gasteiger partial charge on any atom is -0.379 e. The minimum absolute atomic E-state index is 0.489. The molecule has 1 rings (SSSR count). The van der Waals surface area contributed by atoms with E-state index in [0.29, 0.717) is 12.0 Å². The van der Waals surface area contributed by atoms with Crippen molar-refractivity contribution >= 4 is 0 Å². The van der Waals surface area contributed by atoms with Crippen molar-refractivity contribution < 1.29 is 9.57 Å². The lowest BCUT2D eigenvalue weighted by Crippen LogP contribution is -2.40. The Balaban J connectivity index is 2.30. The van der Waals surface area contributed by atoms with Crippen LogP contribution < -0.4 is 5.32 Å². The Morgan fingerprint density at radius 2 is 2.31 bits per heavy atom. The van der Waals surface area contributed by atoms with Crippen LogP contribution in [0.5, 0.6) is 0 Å². The third kappa shape index (κ3) is 3.23. The third-order valence-corrected chi connectivity index (χ3v) is 2.47. The summed E-state index contributed by atoms with van der Waals surface area (Å²) >= 11 is 0. The SMILES string of the molecule is CCNC1COCC1CN(C)OC. The van der Waals surface area contributed by atoms with Gasteiger partial charge in [0.25, 0.3) is 0 Å². The number of hydroxylamine groups is 2. The van der Waals surface area contributed by atoms with Crippen LogP contribution in [0.2, 0.25) is 0 Å². The molecule has 0 saturated carbocycles. The maximum atomic E-state index is 5.42. The molecule has 1 N–H and O–H groups in total. The maximum absolute atomic E-state index is 5.42. The fraction of sp³-hybridized carbons (Fsp3) is 1.00. The molecule has 1 saturated heterocycles. The number of rotatable bonds is 5. The van der Waals surface area contributed by atoms with Gasteiger partial charge in [-0.05, 0) is 6.54 Å². The summed E-state index contributed by atoms with van der Waals surface area (Å²) in [5, 5.41) is 5.27. The van der Waals surface area contributed by atoms with Gasteiger partial charge in [0, 0.05) is 25.6 Å². The van der Waals surface area contributed by atoms with Gasteiger partial charge in [-0.3, -0.25) is 0 Å².